The molecule has 0 aromatic carbocycles. The van der Waals surface area contributed by atoms with Crippen LogP contribution in [0.5, 0.6) is 0 Å². The number of rotatable bonds is 5. The summed E-state index contributed by atoms with van der Waals surface area (Å²) in [6.07, 6.45) is 6.32. The van der Waals surface area contributed by atoms with Crippen LogP contribution in [0.15, 0.2) is 24.1 Å². The summed E-state index contributed by atoms with van der Waals surface area (Å²) in [4.78, 5) is 0. The zero-order chi connectivity index (χ0) is 10.3. The van der Waals surface area contributed by atoms with Crippen molar-refractivity contribution in [3.8, 4) is 0 Å². The average Bonchev–Trinajstić information content (AvgIpc) is 2.09. The van der Waals surface area contributed by atoms with Crippen LogP contribution in [0.3, 0.4) is 0 Å². The number of hydrogen-bond donors (Lipinski definition) is 0. The lowest BCUT2D eigenvalue weighted by molar-refractivity contribution is 0.563. The Morgan fingerprint density at radius 2 is 1.92 bits per heavy atom. The van der Waals surface area contributed by atoms with E-state index in [0.29, 0.717) is 18.2 Å². The van der Waals surface area contributed by atoms with Crippen LogP contribution in [-0.2, 0) is 0 Å². The second-order valence-corrected chi connectivity index (χ2v) is 3.96. The summed E-state index contributed by atoms with van der Waals surface area (Å²) in [7, 11) is 0. The topological polar surface area (TPSA) is 0 Å². The highest BCUT2D eigenvalue weighted by Crippen LogP contribution is 2.22. The molecule has 0 bridgehead atoms. The average molecular weight is 184 g/mol. The predicted molar refractivity (Wildman–Crippen MR) is 57.2 cm³/mol. The summed E-state index contributed by atoms with van der Waals surface area (Å²) in [5.74, 6) is 1.16. The number of allylic oxidation sites excluding steroid dienone is 3. The van der Waals surface area contributed by atoms with E-state index in [0.717, 1.165) is 12.8 Å². The summed E-state index contributed by atoms with van der Waals surface area (Å²) in [5.41, 5.74) is 1.44. The molecule has 0 fully saturated rings. The van der Waals surface area contributed by atoms with Crippen LogP contribution in [0.25, 0.3) is 0 Å². The first kappa shape index (κ1) is 12.4. The third kappa shape index (κ3) is 5.62. The molecule has 0 N–H and O–H groups in total. The van der Waals surface area contributed by atoms with Gasteiger partial charge in [-0.25, -0.2) is 4.39 Å². The van der Waals surface area contributed by atoms with E-state index in [1.165, 1.54) is 5.57 Å². The monoisotopic (exact) mass is 184 g/mol. The van der Waals surface area contributed by atoms with Gasteiger partial charge in [-0.15, -0.1) is 0 Å². The molecule has 0 aromatic heterocycles. The Hall–Kier alpha value is -0.590. The molecule has 0 aliphatic carbocycles. The summed E-state index contributed by atoms with van der Waals surface area (Å²) in [6.45, 7) is 8.63. The minimum absolute atomic E-state index is 0.472. The molecule has 0 radical (unpaired) electrons. The lowest BCUT2D eigenvalue weighted by Gasteiger charge is -2.15. The van der Waals surface area contributed by atoms with Crippen LogP contribution in [-0.4, -0.2) is 0 Å². The maximum absolute atomic E-state index is 11.8. The lowest BCUT2D eigenvalue weighted by Crippen LogP contribution is -2.01. The fourth-order valence-corrected chi connectivity index (χ4v) is 1.48. The summed E-state index contributed by atoms with van der Waals surface area (Å²) < 4.78 is 11.8. The van der Waals surface area contributed by atoms with Crippen molar-refractivity contribution in [3.63, 3.8) is 0 Å². The molecule has 0 saturated heterocycles. The van der Waals surface area contributed by atoms with Crippen LogP contribution in [0.4, 0.5) is 4.39 Å². The first-order chi connectivity index (χ1) is 6.11. The third-order valence-corrected chi connectivity index (χ3v) is 2.23. The molecular weight excluding hydrogens is 163 g/mol. The van der Waals surface area contributed by atoms with Gasteiger partial charge in [-0.05, 0) is 31.6 Å². The maximum Gasteiger partial charge on any atom is 0.0827 e. The van der Waals surface area contributed by atoms with E-state index in [4.69, 9.17) is 0 Å². The molecule has 0 amide bonds. The van der Waals surface area contributed by atoms with E-state index >= 15 is 0 Å². The molecular formula is C12H21F. The minimum atomic E-state index is 0.472. The van der Waals surface area contributed by atoms with Crippen molar-refractivity contribution in [2.24, 2.45) is 11.8 Å². The van der Waals surface area contributed by atoms with Crippen molar-refractivity contribution in [2.75, 3.05) is 0 Å². The van der Waals surface area contributed by atoms with Gasteiger partial charge in [0.05, 0.1) is 6.33 Å². The quantitative estimate of drug-likeness (QED) is 0.552. The smallest absolute Gasteiger partial charge is 0.0827 e. The molecule has 0 saturated carbocycles. The molecule has 0 spiro atoms. The minimum Gasteiger partial charge on any atom is -0.216 e. The van der Waals surface area contributed by atoms with Gasteiger partial charge in [0.2, 0.25) is 0 Å². The largest absolute Gasteiger partial charge is 0.216 e. The van der Waals surface area contributed by atoms with Crippen LogP contribution < -0.4 is 0 Å². The first-order valence-corrected chi connectivity index (χ1v) is 5.02. The zero-order valence-corrected chi connectivity index (χ0v) is 9.18. The molecule has 1 heteroatoms. The van der Waals surface area contributed by atoms with Gasteiger partial charge in [0, 0.05) is 0 Å². The van der Waals surface area contributed by atoms with Crippen molar-refractivity contribution in [1.82, 2.24) is 0 Å². The summed E-state index contributed by atoms with van der Waals surface area (Å²) in [6, 6.07) is 0. The Morgan fingerprint density at radius 3 is 2.31 bits per heavy atom. The Bertz CT molecular complexity index is 178. The molecule has 0 heterocycles. The van der Waals surface area contributed by atoms with Crippen molar-refractivity contribution in [1.29, 1.82) is 0 Å². The Kier molecular flexibility index (Phi) is 6.56. The van der Waals surface area contributed by atoms with Crippen LogP contribution in [0.1, 0.15) is 40.5 Å². The first-order valence-electron chi connectivity index (χ1n) is 5.02. The van der Waals surface area contributed by atoms with E-state index < -0.39 is 0 Å². The van der Waals surface area contributed by atoms with Gasteiger partial charge in [-0.1, -0.05) is 38.5 Å². The Balaban J connectivity index is 4.08. The zero-order valence-electron chi connectivity index (χ0n) is 9.18. The number of hydrogen-bond acceptors (Lipinski definition) is 0. The second kappa shape index (κ2) is 6.88. The molecule has 1 unspecified atom stereocenters. The van der Waals surface area contributed by atoms with Crippen LogP contribution >= 0.6 is 0 Å². The highest BCUT2D eigenvalue weighted by Gasteiger charge is 2.07. The van der Waals surface area contributed by atoms with Gasteiger partial charge in [0.1, 0.15) is 0 Å². The van der Waals surface area contributed by atoms with Crippen molar-refractivity contribution < 1.29 is 4.39 Å². The molecule has 76 valence electrons. The van der Waals surface area contributed by atoms with Gasteiger partial charge >= 0.3 is 0 Å². The normalized spacial score (nSPS) is 15.7. The van der Waals surface area contributed by atoms with E-state index in [-0.39, 0.29) is 0 Å². The molecule has 0 aromatic rings. The highest BCUT2D eigenvalue weighted by atomic mass is 19.1. The van der Waals surface area contributed by atoms with Crippen LogP contribution in [0, 0.1) is 11.8 Å². The SMILES string of the molecule is C/C=C(/CC(C)C)C(C)C/C=C/F. The third-order valence-electron chi connectivity index (χ3n) is 2.23. The molecule has 0 rings (SSSR count). The van der Waals surface area contributed by atoms with Crippen LogP contribution in [0.2, 0.25) is 0 Å². The van der Waals surface area contributed by atoms with Crippen molar-refractivity contribution in [2.45, 2.75) is 40.5 Å². The number of halogens is 1. The van der Waals surface area contributed by atoms with Gasteiger partial charge in [-0.2, -0.15) is 0 Å². The van der Waals surface area contributed by atoms with E-state index in [2.05, 4.69) is 33.8 Å². The van der Waals surface area contributed by atoms with Crippen molar-refractivity contribution >= 4 is 0 Å². The van der Waals surface area contributed by atoms with E-state index in [1.54, 1.807) is 6.08 Å². The van der Waals surface area contributed by atoms with Gasteiger partial charge < -0.3 is 0 Å². The van der Waals surface area contributed by atoms with Crippen molar-refractivity contribution in [3.05, 3.63) is 24.1 Å². The van der Waals surface area contributed by atoms with E-state index in [1.807, 2.05) is 0 Å². The maximum atomic E-state index is 11.8. The van der Waals surface area contributed by atoms with Gasteiger partial charge in [0.15, 0.2) is 0 Å². The molecule has 0 nitrogen and oxygen atoms in total. The Morgan fingerprint density at radius 1 is 1.31 bits per heavy atom. The lowest BCUT2D eigenvalue weighted by atomic mass is 9.90. The fraction of sp³-hybridized carbons (Fsp3) is 0.667. The van der Waals surface area contributed by atoms with Gasteiger partial charge in [-0.3, -0.25) is 0 Å². The Labute approximate surface area is 81.5 Å². The summed E-state index contributed by atoms with van der Waals surface area (Å²) in [5, 5.41) is 0. The predicted octanol–water partition coefficient (Wildman–Crippen LogP) is 4.49. The fourth-order valence-electron chi connectivity index (χ4n) is 1.48. The molecule has 1 atom stereocenters. The van der Waals surface area contributed by atoms with Gasteiger partial charge in [0.25, 0.3) is 0 Å². The molecule has 0 aliphatic rings. The standard InChI is InChI=1S/C12H21F/c1-5-12(9-10(2)3)11(4)7-6-8-13/h5-6,8,10-11H,7,9H2,1-4H3/b8-6+,12-5-. The summed E-state index contributed by atoms with van der Waals surface area (Å²) >= 11 is 0. The molecule has 13 heavy (non-hydrogen) atoms. The van der Waals surface area contributed by atoms with E-state index in [9.17, 15) is 4.39 Å². The second-order valence-electron chi connectivity index (χ2n) is 3.96. The molecule has 0 aliphatic heterocycles. The highest BCUT2D eigenvalue weighted by molar-refractivity contribution is 5.06.